The first-order valence-electron chi connectivity index (χ1n) is 6.04. The molecule has 0 aromatic rings. The number of hydrogen-bond donors (Lipinski definition) is 0. The SMILES string of the molecule is CC(C)(C)OC(=O)CCC(C)(C#N)C(C)(C)C. The van der Waals surface area contributed by atoms with E-state index in [9.17, 15) is 10.1 Å². The summed E-state index contributed by atoms with van der Waals surface area (Å²) in [7, 11) is 0. The zero-order valence-electron chi connectivity index (χ0n) is 12.2. The van der Waals surface area contributed by atoms with E-state index in [1.165, 1.54) is 0 Å². The Morgan fingerprint density at radius 2 is 1.59 bits per heavy atom. The van der Waals surface area contributed by atoms with E-state index in [1.807, 2.05) is 48.5 Å². The van der Waals surface area contributed by atoms with Crippen molar-refractivity contribution in [3.8, 4) is 6.07 Å². The van der Waals surface area contributed by atoms with E-state index in [-0.39, 0.29) is 11.4 Å². The van der Waals surface area contributed by atoms with Crippen LogP contribution in [-0.2, 0) is 9.53 Å². The lowest BCUT2D eigenvalue weighted by Crippen LogP contribution is -2.33. The summed E-state index contributed by atoms with van der Waals surface area (Å²) < 4.78 is 5.24. The first kappa shape index (κ1) is 16.0. The molecule has 0 amide bonds. The largest absolute Gasteiger partial charge is 0.460 e. The Morgan fingerprint density at radius 1 is 1.12 bits per heavy atom. The van der Waals surface area contributed by atoms with Gasteiger partial charge in [-0.15, -0.1) is 0 Å². The van der Waals surface area contributed by atoms with E-state index in [4.69, 9.17) is 4.74 Å². The lowest BCUT2D eigenvalue weighted by molar-refractivity contribution is -0.155. The second-order valence-electron chi connectivity index (χ2n) is 6.78. The van der Waals surface area contributed by atoms with Crippen LogP contribution in [-0.4, -0.2) is 11.6 Å². The fourth-order valence-electron chi connectivity index (χ4n) is 1.34. The molecule has 1 unspecified atom stereocenters. The summed E-state index contributed by atoms with van der Waals surface area (Å²) in [5.74, 6) is -0.233. The molecule has 17 heavy (non-hydrogen) atoms. The number of nitriles is 1. The minimum absolute atomic E-state index is 0.149. The van der Waals surface area contributed by atoms with Crippen LogP contribution in [0.25, 0.3) is 0 Å². The van der Waals surface area contributed by atoms with Gasteiger partial charge in [-0.2, -0.15) is 5.26 Å². The summed E-state index contributed by atoms with van der Waals surface area (Å²) in [4.78, 5) is 11.6. The van der Waals surface area contributed by atoms with Gasteiger partial charge in [0.1, 0.15) is 5.60 Å². The van der Waals surface area contributed by atoms with Crippen LogP contribution in [0.2, 0.25) is 0 Å². The molecule has 0 saturated heterocycles. The zero-order valence-corrected chi connectivity index (χ0v) is 12.2. The molecule has 0 aliphatic heterocycles. The van der Waals surface area contributed by atoms with Crippen molar-refractivity contribution in [1.82, 2.24) is 0 Å². The van der Waals surface area contributed by atoms with Gasteiger partial charge in [-0.1, -0.05) is 20.8 Å². The van der Waals surface area contributed by atoms with Crippen molar-refractivity contribution in [2.75, 3.05) is 0 Å². The van der Waals surface area contributed by atoms with Crippen molar-refractivity contribution in [3.63, 3.8) is 0 Å². The molecule has 0 aromatic heterocycles. The highest BCUT2D eigenvalue weighted by molar-refractivity contribution is 5.69. The van der Waals surface area contributed by atoms with Crippen molar-refractivity contribution < 1.29 is 9.53 Å². The molecule has 98 valence electrons. The Hall–Kier alpha value is -1.04. The van der Waals surface area contributed by atoms with Crippen molar-refractivity contribution in [2.45, 2.75) is 66.9 Å². The predicted octanol–water partition coefficient (Wildman–Crippen LogP) is 3.68. The Balaban J connectivity index is 4.47. The Kier molecular flexibility index (Phi) is 4.77. The summed E-state index contributed by atoms with van der Waals surface area (Å²) in [5, 5.41) is 9.26. The van der Waals surface area contributed by atoms with Crippen molar-refractivity contribution >= 4 is 5.97 Å². The topological polar surface area (TPSA) is 50.1 Å². The van der Waals surface area contributed by atoms with Gasteiger partial charge in [0.2, 0.25) is 0 Å². The first-order chi connectivity index (χ1) is 7.41. The molecule has 0 spiro atoms. The van der Waals surface area contributed by atoms with E-state index in [1.54, 1.807) is 0 Å². The summed E-state index contributed by atoms with van der Waals surface area (Å²) in [5.41, 5.74) is -1.12. The van der Waals surface area contributed by atoms with E-state index in [2.05, 4.69) is 6.07 Å². The maximum absolute atomic E-state index is 11.6. The molecule has 0 aliphatic carbocycles. The van der Waals surface area contributed by atoms with Crippen LogP contribution in [0.5, 0.6) is 0 Å². The maximum atomic E-state index is 11.6. The van der Waals surface area contributed by atoms with E-state index in [0.717, 1.165) is 0 Å². The smallest absolute Gasteiger partial charge is 0.306 e. The third-order valence-corrected chi connectivity index (χ3v) is 3.15. The maximum Gasteiger partial charge on any atom is 0.306 e. The molecule has 0 saturated carbocycles. The number of nitrogens with zero attached hydrogens (tertiary/aromatic N) is 1. The molecule has 0 rings (SSSR count). The summed E-state index contributed by atoms with van der Waals surface area (Å²) >= 11 is 0. The second-order valence-corrected chi connectivity index (χ2v) is 6.78. The third kappa shape index (κ3) is 5.21. The molecule has 0 N–H and O–H groups in total. The summed E-state index contributed by atoms with van der Waals surface area (Å²) in [6, 6.07) is 2.33. The van der Waals surface area contributed by atoms with Crippen molar-refractivity contribution in [1.29, 1.82) is 5.26 Å². The van der Waals surface area contributed by atoms with Crippen LogP contribution in [0.15, 0.2) is 0 Å². The standard InChI is InChI=1S/C14H25NO2/c1-12(2,3)14(7,10-15)9-8-11(16)17-13(4,5)6/h8-9H2,1-7H3. The highest BCUT2D eigenvalue weighted by atomic mass is 16.6. The fourth-order valence-corrected chi connectivity index (χ4v) is 1.34. The van der Waals surface area contributed by atoms with Crippen LogP contribution >= 0.6 is 0 Å². The minimum atomic E-state index is -0.510. The lowest BCUT2D eigenvalue weighted by atomic mass is 9.66. The third-order valence-electron chi connectivity index (χ3n) is 3.15. The number of carbonyl (C=O) groups is 1. The molecule has 0 radical (unpaired) electrons. The van der Waals surface area contributed by atoms with E-state index >= 15 is 0 Å². The number of hydrogen-bond acceptors (Lipinski definition) is 3. The molecule has 1 atom stereocenters. The average molecular weight is 239 g/mol. The zero-order chi connectivity index (χ0) is 13.9. The average Bonchev–Trinajstić information content (AvgIpc) is 2.09. The predicted molar refractivity (Wildman–Crippen MR) is 68.3 cm³/mol. The van der Waals surface area contributed by atoms with Gasteiger partial charge in [0.15, 0.2) is 0 Å². The quantitative estimate of drug-likeness (QED) is 0.706. The molecule has 3 nitrogen and oxygen atoms in total. The van der Waals surface area contributed by atoms with Crippen LogP contribution in [0, 0.1) is 22.2 Å². The van der Waals surface area contributed by atoms with E-state index in [0.29, 0.717) is 12.8 Å². The van der Waals surface area contributed by atoms with Crippen molar-refractivity contribution in [3.05, 3.63) is 0 Å². The van der Waals surface area contributed by atoms with Gasteiger partial charge < -0.3 is 4.74 Å². The van der Waals surface area contributed by atoms with E-state index < -0.39 is 11.0 Å². The van der Waals surface area contributed by atoms with Crippen molar-refractivity contribution in [2.24, 2.45) is 10.8 Å². The molecule has 0 heterocycles. The molecule has 0 aliphatic rings. The Bertz CT molecular complexity index is 315. The summed E-state index contributed by atoms with van der Waals surface area (Å²) in [6.45, 7) is 13.5. The van der Waals surface area contributed by atoms with Crippen LogP contribution in [0.1, 0.15) is 61.3 Å². The fraction of sp³-hybridized carbons (Fsp3) is 0.857. The van der Waals surface area contributed by atoms with Gasteiger partial charge in [0.25, 0.3) is 0 Å². The monoisotopic (exact) mass is 239 g/mol. The van der Waals surface area contributed by atoms with Gasteiger partial charge in [-0.3, -0.25) is 4.79 Å². The minimum Gasteiger partial charge on any atom is -0.460 e. The van der Waals surface area contributed by atoms with Gasteiger partial charge in [0, 0.05) is 6.42 Å². The number of rotatable bonds is 3. The molecular weight excluding hydrogens is 214 g/mol. The molecule has 0 aromatic carbocycles. The number of carbonyl (C=O) groups excluding carboxylic acids is 1. The Morgan fingerprint density at radius 3 is 1.88 bits per heavy atom. The van der Waals surface area contributed by atoms with Gasteiger partial charge in [-0.05, 0) is 39.5 Å². The first-order valence-corrected chi connectivity index (χ1v) is 6.04. The number of esters is 1. The van der Waals surface area contributed by atoms with Gasteiger partial charge >= 0.3 is 5.97 Å². The Labute approximate surface area is 105 Å². The summed E-state index contributed by atoms with van der Waals surface area (Å²) in [6.07, 6.45) is 0.820. The molecule has 0 fully saturated rings. The molecule has 0 bridgehead atoms. The molecule has 3 heteroatoms. The second kappa shape index (κ2) is 5.08. The molecular formula is C14H25NO2. The van der Waals surface area contributed by atoms with Crippen LogP contribution < -0.4 is 0 Å². The van der Waals surface area contributed by atoms with Gasteiger partial charge in [0.05, 0.1) is 11.5 Å². The highest BCUT2D eigenvalue weighted by Gasteiger charge is 2.38. The number of ether oxygens (including phenoxy) is 1. The normalized spacial score (nSPS) is 15.9. The lowest BCUT2D eigenvalue weighted by Gasteiger charge is -2.35. The van der Waals surface area contributed by atoms with Crippen LogP contribution in [0.4, 0.5) is 0 Å². The van der Waals surface area contributed by atoms with Gasteiger partial charge in [-0.25, -0.2) is 0 Å². The highest BCUT2D eigenvalue weighted by Crippen LogP contribution is 2.41. The van der Waals surface area contributed by atoms with Crippen LogP contribution in [0.3, 0.4) is 0 Å².